The number of nitrogens with one attached hydrogen (secondary N) is 1. The normalized spacial score (nSPS) is 27.5. The van der Waals surface area contributed by atoms with Crippen molar-refractivity contribution in [3.05, 3.63) is 12.7 Å². The van der Waals surface area contributed by atoms with Gasteiger partial charge in [0.1, 0.15) is 31.2 Å². The van der Waals surface area contributed by atoms with Gasteiger partial charge < -0.3 is 30.5 Å². The van der Waals surface area contributed by atoms with E-state index in [1.54, 1.807) is 0 Å². The molecule has 3 heterocycles. The van der Waals surface area contributed by atoms with E-state index < -0.39 is 43.7 Å². The maximum Gasteiger partial charge on any atom is 0.251 e. The molecule has 3 rings (SSSR count). The summed E-state index contributed by atoms with van der Waals surface area (Å²) in [5, 5.41) is 40.2. The summed E-state index contributed by atoms with van der Waals surface area (Å²) in [6.07, 6.45) is -1.97. The van der Waals surface area contributed by atoms with E-state index in [4.69, 9.17) is 14.9 Å². The molecule has 5 N–H and O–H groups in total. The highest BCUT2D eigenvalue weighted by Gasteiger charge is 2.44. The van der Waals surface area contributed by atoms with Crippen LogP contribution in [0.4, 0.5) is 5.82 Å². The van der Waals surface area contributed by atoms with Gasteiger partial charge in [-0.15, -0.1) is 0 Å². The highest BCUT2D eigenvalue weighted by molar-refractivity contribution is 5.97. The Morgan fingerprint density at radius 2 is 2.04 bits per heavy atom. The van der Waals surface area contributed by atoms with E-state index in [9.17, 15) is 15.0 Å². The van der Waals surface area contributed by atoms with Crippen molar-refractivity contribution in [3.63, 3.8) is 0 Å². The van der Waals surface area contributed by atoms with Gasteiger partial charge in [0, 0.05) is 0 Å². The minimum absolute atomic E-state index is 0.0968. The van der Waals surface area contributed by atoms with Gasteiger partial charge in [0.15, 0.2) is 23.2 Å². The van der Waals surface area contributed by atoms with Gasteiger partial charge >= 0.3 is 0 Å². The third kappa shape index (κ3) is 2.64. The Balaban J connectivity index is 1.97. The number of rotatable bonds is 4. The second kappa shape index (κ2) is 6.14. The Kier molecular flexibility index (Phi) is 4.19. The third-order valence-corrected chi connectivity index (χ3v) is 3.55. The maximum atomic E-state index is 11.3. The van der Waals surface area contributed by atoms with Gasteiger partial charge in [0.2, 0.25) is 0 Å². The lowest BCUT2D eigenvalue weighted by molar-refractivity contribution is -0.118. The number of ether oxygens (including phenoxy) is 1. The second-order valence-corrected chi connectivity index (χ2v) is 4.98. The molecular weight excluding hydrogens is 310 g/mol. The number of anilines is 1. The molecule has 1 aliphatic rings. The zero-order valence-corrected chi connectivity index (χ0v) is 11.8. The van der Waals surface area contributed by atoms with Crippen molar-refractivity contribution in [2.45, 2.75) is 24.5 Å². The maximum absolute atomic E-state index is 11.3. The molecule has 0 saturated carbocycles. The predicted octanol–water partition coefficient (Wildman–Crippen LogP) is -2.63. The summed E-state index contributed by atoms with van der Waals surface area (Å²) >= 11 is 0. The van der Waals surface area contributed by atoms with E-state index in [1.807, 2.05) is 0 Å². The van der Waals surface area contributed by atoms with Crippen LogP contribution < -0.4 is 5.32 Å². The summed E-state index contributed by atoms with van der Waals surface area (Å²) < 4.78 is 6.79. The number of aromatic nitrogens is 4. The van der Waals surface area contributed by atoms with E-state index >= 15 is 0 Å². The molecule has 0 radical (unpaired) electrons. The van der Waals surface area contributed by atoms with Gasteiger partial charge in [-0.05, 0) is 0 Å². The topological polar surface area (TPSA) is 163 Å². The minimum Gasteiger partial charge on any atom is -0.394 e. The smallest absolute Gasteiger partial charge is 0.251 e. The quantitative estimate of drug-likeness (QED) is 0.404. The number of nitrogens with zero attached hydrogens (tertiary/aromatic N) is 4. The summed E-state index contributed by atoms with van der Waals surface area (Å²) in [6.45, 7) is -1.16. The number of carbonyl (C=O) groups excluding carboxylic acids is 1. The second-order valence-electron chi connectivity index (χ2n) is 4.98. The molecule has 1 unspecified atom stereocenters. The van der Waals surface area contributed by atoms with Crippen LogP contribution in [0.5, 0.6) is 0 Å². The molecule has 11 heteroatoms. The molecule has 124 valence electrons. The van der Waals surface area contributed by atoms with Crippen LogP contribution in [-0.4, -0.2) is 77.4 Å². The van der Waals surface area contributed by atoms with E-state index in [0.717, 1.165) is 0 Å². The Bertz CT molecular complexity index is 721. The van der Waals surface area contributed by atoms with Crippen molar-refractivity contribution >= 4 is 22.9 Å². The molecule has 11 nitrogen and oxygen atoms in total. The lowest BCUT2D eigenvalue weighted by Crippen LogP contribution is -2.33. The number of carbonyl (C=O) groups is 1. The molecule has 4 atom stereocenters. The van der Waals surface area contributed by atoms with Gasteiger partial charge in [-0.25, -0.2) is 15.0 Å². The largest absolute Gasteiger partial charge is 0.394 e. The molecule has 2 aromatic rings. The van der Waals surface area contributed by atoms with Gasteiger partial charge in [-0.2, -0.15) is 0 Å². The molecule has 1 fully saturated rings. The molecule has 1 saturated heterocycles. The molecule has 0 bridgehead atoms. The Labute approximate surface area is 129 Å². The molecule has 1 aliphatic heterocycles. The van der Waals surface area contributed by atoms with Crippen LogP contribution in [0, 0.1) is 0 Å². The molecule has 2 aromatic heterocycles. The van der Waals surface area contributed by atoms with Crippen molar-refractivity contribution in [1.82, 2.24) is 19.5 Å². The number of amides is 1. The molecule has 0 aromatic carbocycles. The molecule has 23 heavy (non-hydrogen) atoms. The molecular formula is C12H15N5O6. The van der Waals surface area contributed by atoms with Crippen LogP contribution in [0.25, 0.3) is 11.2 Å². The lowest BCUT2D eigenvalue weighted by Gasteiger charge is -2.16. The molecule has 0 spiro atoms. The van der Waals surface area contributed by atoms with Crippen LogP contribution in [0.15, 0.2) is 12.7 Å². The fourth-order valence-corrected chi connectivity index (χ4v) is 2.41. The number of aliphatic hydroxyl groups excluding tert-OH is 4. The standard InChI is InChI=1S/C12H15N5O6/c18-1-5-8(21)9(22)12(23-5)17-4-15-7-10(16-6(20)2-19)13-3-14-11(7)17/h3-5,8-9,12,18-19,21-22H,1-2H2,(H,13,14,16,20)/t5-,8-,9-,12?/m1/s1. The molecule has 1 amide bonds. The number of imidazole rings is 1. The van der Waals surface area contributed by atoms with Crippen molar-refractivity contribution in [2.24, 2.45) is 0 Å². The van der Waals surface area contributed by atoms with Crippen molar-refractivity contribution in [3.8, 4) is 0 Å². The SMILES string of the molecule is O=C(CO)Nc1ncnc2c1ncn2C1O[C@H](CO)[C@@H](O)[C@H]1O. The van der Waals surface area contributed by atoms with Crippen molar-refractivity contribution in [2.75, 3.05) is 18.5 Å². The average Bonchev–Trinajstić information content (AvgIpc) is 3.10. The van der Waals surface area contributed by atoms with Crippen LogP contribution >= 0.6 is 0 Å². The van der Waals surface area contributed by atoms with Gasteiger partial charge in [0.05, 0.1) is 12.9 Å². The van der Waals surface area contributed by atoms with Crippen molar-refractivity contribution < 1.29 is 30.0 Å². The zero-order valence-electron chi connectivity index (χ0n) is 11.8. The zero-order chi connectivity index (χ0) is 16.6. The first-order chi connectivity index (χ1) is 11.1. The number of hydrogen-bond donors (Lipinski definition) is 5. The van der Waals surface area contributed by atoms with Crippen LogP contribution in [-0.2, 0) is 9.53 Å². The van der Waals surface area contributed by atoms with Gasteiger partial charge in [-0.1, -0.05) is 0 Å². The van der Waals surface area contributed by atoms with E-state index in [1.165, 1.54) is 17.2 Å². The minimum atomic E-state index is -1.28. The van der Waals surface area contributed by atoms with Crippen LogP contribution in [0.1, 0.15) is 6.23 Å². The van der Waals surface area contributed by atoms with Crippen LogP contribution in [0.2, 0.25) is 0 Å². The summed E-state index contributed by atoms with van der Waals surface area (Å²) in [5.41, 5.74) is 0.482. The average molecular weight is 325 g/mol. The highest BCUT2D eigenvalue weighted by Crippen LogP contribution is 2.31. The fourth-order valence-electron chi connectivity index (χ4n) is 2.41. The first kappa shape index (κ1) is 15.7. The van der Waals surface area contributed by atoms with Crippen molar-refractivity contribution in [1.29, 1.82) is 0 Å². The summed E-state index contributed by atoms with van der Waals surface area (Å²) in [6, 6.07) is 0. The fraction of sp³-hybridized carbons (Fsp3) is 0.500. The summed E-state index contributed by atoms with van der Waals surface area (Å²) in [4.78, 5) is 23.3. The Hall–Kier alpha value is -2.18. The first-order valence-electron chi connectivity index (χ1n) is 6.77. The number of hydrogen-bond acceptors (Lipinski definition) is 9. The van der Waals surface area contributed by atoms with Gasteiger partial charge in [-0.3, -0.25) is 9.36 Å². The molecule has 0 aliphatic carbocycles. The summed E-state index contributed by atoms with van der Waals surface area (Å²) in [7, 11) is 0. The Morgan fingerprint density at radius 3 is 2.70 bits per heavy atom. The third-order valence-electron chi connectivity index (χ3n) is 3.55. The van der Waals surface area contributed by atoms with Gasteiger partial charge in [0.25, 0.3) is 5.91 Å². The first-order valence-corrected chi connectivity index (χ1v) is 6.77. The Morgan fingerprint density at radius 1 is 1.26 bits per heavy atom. The summed E-state index contributed by atoms with van der Waals surface area (Å²) in [5.74, 6) is -0.563. The highest BCUT2D eigenvalue weighted by atomic mass is 16.6. The number of aliphatic hydroxyl groups is 4. The van der Waals surface area contributed by atoms with Crippen LogP contribution in [0.3, 0.4) is 0 Å². The number of fused-ring (bicyclic) bond motifs is 1. The monoisotopic (exact) mass is 325 g/mol. The van der Waals surface area contributed by atoms with E-state index in [2.05, 4.69) is 20.3 Å². The van der Waals surface area contributed by atoms with E-state index in [-0.39, 0.29) is 17.0 Å². The predicted molar refractivity (Wildman–Crippen MR) is 74.0 cm³/mol. The van der Waals surface area contributed by atoms with E-state index in [0.29, 0.717) is 0 Å². The lowest BCUT2D eigenvalue weighted by atomic mass is 10.1.